The molecule has 1 N–H and O–H groups in total. The average molecular weight is 476 g/mol. The first-order valence-electron chi connectivity index (χ1n) is 11.5. The summed E-state index contributed by atoms with van der Waals surface area (Å²) in [7, 11) is 0. The quantitative estimate of drug-likeness (QED) is 0.244. The normalized spacial score (nSPS) is 24.0. The zero-order valence-electron chi connectivity index (χ0n) is 19.3. The van der Waals surface area contributed by atoms with Crippen LogP contribution in [-0.2, 0) is 38.8 Å². The van der Waals surface area contributed by atoms with Gasteiger partial charge in [-0.1, -0.05) is 96.1 Å². The number of rotatable bonds is 11. The van der Waals surface area contributed by atoms with Crippen LogP contribution in [0.15, 0.2) is 96.1 Å². The minimum absolute atomic E-state index is 0.170. The molecule has 8 heteroatoms. The Kier molecular flexibility index (Phi) is 9.25. The lowest BCUT2D eigenvalue weighted by Gasteiger charge is -2.43. The maximum Gasteiger partial charge on any atom is 0.165 e. The van der Waals surface area contributed by atoms with Gasteiger partial charge in [-0.05, 0) is 22.2 Å². The molecule has 4 rings (SSSR count). The van der Waals surface area contributed by atoms with Crippen LogP contribution in [0.25, 0.3) is 10.4 Å². The van der Waals surface area contributed by atoms with E-state index in [0.717, 1.165) is 16.7 Å². The number of hydrogen-bond donors (Lipinski definition) is 1. The smallest absolute Gasteiger partial charge is 0.165 e. The Morgan fingerprint density at radius 3 is 1.74 bits per heavy atom. The molecule has 0 aliphatic carbocycles. The predicted molar refractivity (Wildman–Crippen MR) is 130 cm³/mol. The molecule has 0 bridgehead atoms. The van der Waals surface area contributed by atoms with Crippen molar-refractivity contribution in [2.75, 3.05) is 6.61 Å². The van der Waals surface area contributed by atoms with E-state index in [4.69, 9.17) is 24.5 Å². The monoisotopic (exact) mass is 475 g/mol. The summed E-state index contributed by atoms with van der Waals surface area (Å²) in [4.78, 5) is 2.85. The average Bonchev–Trinajstić information content (AvgIpc) is 2.90. The van der Waals surface area contributed by atoms with E-state index in [2.05, 4.69) is 10.0 Å². The fourth-order valence-corrected chi connectivity index (χ4v) is 3.98. The molecule has 3 aromatic carbocycles. The predicted octanol–water partition coefficient (Wildman–Crippen LogP) is 4.77. The largest absolute Gasteiger partial charge is 0.387 e. The third-order valence-corrected chi connectivity index (χ3v) is 5.76. The molecule has 1 fully saturated rings. The van der Waals surface area contributed by atoms with Crippen molar-refractivity contribution in [2.45, 2.75) is 50.5 Å². The van der Waals surface area contributed by atoms with Gasteiger partial charge in [0, 0.05) is 4.91 Å². The standard InChI is InChI=1S/C27H29N3O5/c28-30-29-27-24(31)26(34-18-22-14-8-3-9-15-22)25(33-17-21-12-6-2-7-13-21)23(35-27)19-32-16-20-10-4-1-5-11-20/h1-15,23-27,31H,16-19H2/t23-,24-,25+,26-,27-/m1/s1. The first-order chi connectivity index (χ1) is 17.2. The second kappa shape index (κ2) is 13.0. The van der Waals surface area contributed by atoms with Crippen molar-refractivity contribution >= 4 is 0 Å². The molecule has 1 heterocycles. The highest BCUT2D eigenvalue weighted by atomic mass is 16.6. The Labute approximate surface area is 204 Å². The lowest BCUT2D eigenvalue weighted by molar-refractivity contribution is -0.259. The summed E-state index contributed by atoms with van der Waals surface area (Å²) in [5.41, 5.74) is 12.0. The number of hydrogen-bond acceptors (Lipinski definition) is 6. The number of ether oxygens (including phenoxy) is 4. The highest BCUT2D eigenvalue weighted by Crippen LogP contribution is 2.29. The van der Waals surface area contributed by atoms with Gasteiger partial charge in [-0.3, -0.25) is 0 Å². The molecule has 3 aromatic rings. The van der Waals surface area contributed by atoms with Crippen molar-refractivity contribution in [1.29, 1.82) is 0 Å². The van der Waals surface area contributed by atoms with Gasteiger partial charge in [0.05, 0.1) is 26.4 Å². The van der Waals surface area contributed by atoms with E-state index in [0.29, 0.717) is 13.2 Å². The van der Waals surface area contributed by atoms with E-state index in [1.807, 2.05) is 91.0 Å². The number of nitrogens with zero attached hydrogens (tertiary/aromatic N) is 3. The molecule has 182 valence electrons. The van der Waals surface area contributed by atoms with Gasteiger partial charge in [-0.15, -0.1) is 0 Å². The summed E-state index contributed by atoms with van der Waals surface area (Å²) in [5.74, 6) is 0. The van der Waals surface area contributed by atoms with E-state index >= 15 is 0 Å². The van der Waals surface area contributed by atoms with Crippen LogP contribution in [0.1, 0.15) is 16.7 Å². The molecule has 1 aliphatic heterocycles. The van der Waals surface area contributed by atoms with Crippen LogP contribution in [0.3, 0.4) is 0 Å². The summed E-state index contributed by atoms with van der Waals surface area (Å²) in [5, 5.41) is 14.6. The lowest BCUT2D eigenvalue weighted by Crippen LogP contribution is -2.59. The molecule has 1 saturated heterocycles. The number of aliphatic hydroxyl groups is 1. The van der Waals surface area contributed by atoms with Crippen LogP contribution in [0.4, 0.5) is 0 Å². The summed E-state index contributed by atoms with van der Waals surface area (Å²) in [6.07, 6.45) is -4.41. The highest BCUT2D eigenvalue weighted by molar-refractivity contribution is 5.15. The first kappa shape index (κ1) is 24.9. The highest BCUT2D eigenvalue weighted by Gasteiger charge is 2.46. The van der Waals surface area contributed by atoms with Crippen LogP contribution < -0.4 is 0 Å². The van der Waals surface area contributed by atoms with Gasteiger partial charge in [0.2, 0.25) is 0 Å². The molecule has 0 aromatic heterocycles. The molecule has 0 radical (unpaired) electrons. The minimum Gasteiger partial charge on any atom is -0.387 e. The van der Waals surface area contributed by atoms with Gasteiger partial charge in [0.25, 0.3) is 0 Å². The summed E-state index contributed by atoms with van der Waals surface area (Å²) in [6.45, 7) is 1.11. The zero-order chi connectivity index (χ0) is 24.3. The molecule has 0 unspecified atom stereocenters. The molecule has 35 heavy (non-hydrogen) atoms. The molecule has 0 saturated carbocycles. The Morgan fingerprint density at radius 1 is 0.743 bits per heavy atom. The summed E-state index contributed by atoms with van der Waals surface area (Å²) < 4.78 is 24.3. The molecular weight excluding hydrogens is 446 g/mol. The van der Waals surface area contributed by atoms with Crippen molar-refractivity contribution in [1.82, 2.24) is 0 Å². The van der Waals surface area contributed by atoms with Gasteiger partial charge in [0.15, 0.2) is 6.23 Å². The van der Waals surface area contributed by atoms with E-state index in [-0.39, 0.29) is 13.2 Å². The van der Waals surface area contributed by atoms with Crippen molar-refractivity contribution < 1.29 is 24.1 Å². The van der Waals surface area contributed by atoms with Crippen molar-refractivity contribution in [3.8, 4) is 0 Å². The fraction of sp³-hybridized carbons (Fsp3) is 0.333. The van der Waals surface area contributed by atoms with Crippen LogP contribution in [0.5, 0.6) is 0 Å². The third kappa shape index (κ3) is 7.13. The first-order valence-corrected chi connectivity index (χ1v) is 11.5. The maximum atomic E-state index is 11.0. The molecule has 5 atom stereocenters. The van der Waals surface area contributed by atoms with Crippen LogP contribution >= 0.6 is 0 Å². The zero-order valence-corrected chi connectivity index (χ0v) is 19.3. The maximum absolute atomic E-state index is 11.0. The Bertz CT molecular complexity index is 1060. The topological polar surface area (TPSA) is 106 Å². The minimum atomic E-state index is -1.21. The third-order valence-electron chi connectivity index (χ3n) is 5.76. The molecule has 8 nitrogen and oxygen atoms in total. The van der Waals surface area contributed by atoms with Crippen LogP contribution in [-0.4, -0.2) is 42.4 Å². The van der Waals surface area contributed by atoms with E-state index in [9.17, 15) is 5.11 Å². The number of aliphatic hydroxyl groups excluding tert-OH is 1. The van der Waals surface area contributed by atoms with Crippen molar-refractivity contribution in [3.05, 3.63) is 118 Å². The van der Waals surface area contributed by atoms with Gasteiger partial charge in [-0.2, -0.15) is 0 Å². The van der Waals surface area contributed by atoms with Gasteiger partial charge < -0.3 is 24.1 Å². The van der Waals surface area contributed by atoms with Gasteiger partial charge >= 0.3 is 0 Å². The Morgan fingerprint density at radius 2 is 1.23 bits per heavy atom. The Hall–Kier alpha value is -3.23. The van der Waals surface area contributed by atoms with Gasteiger partial charge in [-0.25, -0.2) is 0 Å². The molecule has 0 amide bonds. The molecule has 0 spiro atoms. The van der Waals surface area contributed by atoms with E-state index in [1.54, 1.807) is 0 Å². The van der Waals surface area contributed by atoms with Crippen molar-refractivity contribution in [2.24, 2.45) is 5.11 Å². The van der Waals surface area contributed by atoms with E-state index < -0.39 is 30.6 Å². The van der Waals surface area contributed by atoms with E-state index in [1.165, 1.54) is 0 Å². The van der Waals surface area contributed by atoms with Crippen LogP contribution in [0, 0.1) is 0 Å². The number of benzene rings is 3. The SMILES string of the molecule is [N-]=[N+]=N[C@@H]1O[C@H](COCc2ccccc2)[C@H](OCc2ccccc2)[C@H](OCc2ccccc2)[C@H]1O. The van der Waals surface area contributed by atoms with Gasteiger partial charge in [0.1, 0.15) is 24.4 Å². The second-order valence-electron chi connectivity index (χ2n) is 8.28. The van der Waals surface area contributed by atoms with Crippen LogP contribution in [0.2, 0.25) is 0 Å². The molecule has 1 aliphatic rings. The summed E-state index contributed by atoms with van der Waals surface area (Å²) in [6, 6.07) is 29.2. The fourth-order valence-electron chi connectivity index (χ4n) is 3.98. The second-order valence-corrected chi connectivity index (χ2v) is 8.28. The Balaban J connectivity index is 1.52. The summed E-state index contributed by atoms with van der Waals surface area (Å²) >= 11 is 0. The lowest BCUT2D eigenvalue weighted by atomic mass is 9.97. The molecular formula is C27H29N3O5. The van der Waals surface area contributed by atoms with Crippen molar-refractivity contribution in [3.63, 3.8) is 0 Å². The number of azide groups is 1.